The first-order valence-corrected chi connectivity index (χ1v) is 9.77. The van der Waals surface area contributed by atoms with Crippen LogP contribution in [0.4, 0.5) is 0 Å². The summed E-state index contributed by atoms with van der Waals surface area (Å²) in [6, 6.07) is 0. The Balaban J connectivity index is 1.68. The zero-order valence-corrected chi connectivity index (χ0v) is 15.5. The van der Waals surface area contributed by atoms with Crippen molar-refractivity contribution >= 4 is 11.9 Å². The van der Waals surface area contributed by atoms with Crippen molar-refractivity contribution in [3.05, 3.63) is 0 Å². The van der Waals surface area contributed by atoms with Gasteiger partial charge in [0.15, 0.2) is 12.2 Å². The Labute approximate surface area is 150 Å². The minimum atomic E-state index is -0.396. The number of hydrogen-bond donors (Lipinski definition) is 0. The van der Waals surface area contributed by atoms with Crippen LogP contribution in [-0.2, 0) is 28.5 Å². The van der Waals surface area contributed by atoms with E-state index >= 15 is 0 Å². The maximum Gasteiger partial charge on any atom is 0.306 e. The molecule has 0 radical (unpaired) electrons. The SMILES string of the molecule is CCCCCCCC(=O)OC1COC2C(OC(=O)CCCC)COC12. The molecule has 0 bridgehead atoms. The minimum absolute atomic E-state index is 0.197. The van der Waals surface area contributed by atoms with E-state index in [9.17, 15) is 9.59 Å². The molecule has 2 aliphatic heterocycles. The van der Waals surface area contributed by atoms with Crippen LogP contribution in [0.1, 0.15) is 71.6 Å². The van der Waals surface area contributed by atoms with E-state index in [1.807, 2.05) is 6.92 Å². The van der Waals surface area contributed by atoms with Crippen LogP contribution in [0.15, 0.2) is 0 Å². The second-order valence-electron chi connectivity index (χ2n) is 6.92. The smallest absolute Gasteiger partial charge is 0.306 e. The van der Waals surface area contributed by atoms with Crippen LogP contribution in [0.3, 0.4) is 0 Å². The summed E-state index contributed by atoms with van der Waals surface area (Å²) in [5.74, 6) is -0.412. The van der Waals surface area contributed by atoms with Gasteiger partial charge in [-0.15, -0.1) is 0 Å². The molecule has 6 heteroatoms. The van der Waals surface area contributed by atoms with E-state index in [4.69, 9.17) is 18.9 Å². The summed E-state index contributed by atoms with van der Waals surface area (Å²) in [7, 11) is 0. The average Bonchev–Trinajstić information content (AvgIpc) is 3.17. The van der Waals surface area contributed by atoms with Crippen molar-refractivity contribution in [2.75, 3.05) is 13.2 Å². The number of carbonyl (C=O) groups excluding carboxylic acids is 2. The van der Waals surface area contributed by atoms with Gasteiger partial charge in [0, 0.05) is 12.8 Å². The van der Waals surface area contributed by atoms with Gasteiger partial charge in [0.25, 0.3) is 0 Å². The normalized spacial score (nSPS) is 27.9. The van der Waals surface area contributed by atoms with E-state index < -0.39 is 12.2 Å². The first-order valence-electron chi connectivity index (χ1n) is 9.77. The molecule has 0 spiro atoms. The minimum Gasteiger partial charge on any atom is -0.457 e. The molecule has 4 atom stereocenters. The number of unbranched alkanes of at least 4 members (excludes halogenated alkanes) is 5. The largest absolute Gasteiger partial charge is 0.457 e. The Morgan fingerprint density at radius 1 is 0.760 bits per heavy atom. The van der Waals surface area contributed by atoms with Crippen molar-refractivity contribution in [3.8, 4) is 0 Å². The van der Waals surface area contributed by atoms with E-state index in [2.05, 4.69) is 6.92 Å². The molecule has 144 valence electrons. The Kier molecular flexibility index (Phi) is 8.68. The lowest BCUT2D eigenvalue weighted by atomic mass is 10.1. The van der Waals surface area contributed by atoms with Gasteiger partial charge in [-0.2, -0.15) is 0 Å². The number of fused-ring (bicyclic) bond motifs is 1. The molecule has 4 unspecified atom stereocenters. The topological polar surface area (TPSA) is 71.1 Å². The van der Waals surface area contributed by atoms with Crippen molar-refractivity contribution in [2.45, 2.75) is 96.1 Å². The molecule has 2 saturated heterocycles. The first-order chi connectivity index (χ1) is 12.2. The summed E-state index contributed by atoms with van der Waals surface area (Å²) in [6.45, 7) is 4.81. The standard InChI is InChI=1S/C19H32O6/c1-3-5-7-8-9-11-17(21)25-15-13-23-18-14(12-22-19(15)18)24-16(20)10-6-4-2/h14-15,18-19H,3-13H2,1-2H3. The molecule has 0 amide bonds. The molecule has 0 aromatic carbocycles. The molecule has 0 N–H and O–H groups in total. The highest BCUT2D eigenvalue weighted by molar-refractivity contribution is 5.70. The monoisotopic (exact) mass is 356 g/mol. The molecule has 2 aliphatic rings. The quantitative estimate of drug-likeness (QED) is 0.418. The highest BCUT2D eigenvalue weighted by Crippen LogP contribution is 2.31. The first kappa shape index (κ1) is 20.2. The van der Waals surface area contributed by atoms with Crippen LogP contribution >= 0.6 is 0 Å². The maximum absolute atomic E-state index is 12.0. The van der Waals surface area contributed by atoms with Crippen molar-refractivity contribution in [1.82, 2.24) is 0 Å². The van der Waals surface area contributed by atoms with Crippen LogP contribution in [0.25, 0.3) is 0 Å². The highest BCUT2D eigenvalue weighted by atomic mass is 16.7. The van der Waals surface area contributed by atoms with Gasteiger partial charge < -0.3 is 18.9 Å². The second-order valence-corrected chi connectivity index (χ2v) is 6.92. The van der Waals surface area contributed by atoms with Crippen LogP contribution < -0.4 is 0 Å². The third kappa shape index (κ3) is 6.26. The van der Waals surface area contributed by atoms with E-state index in [1.54, 1.807) is 0 Å². The summed E-state index contributed by atoms with van der Waals surface area (Å²) in [5, 5.41) is 0. The molecule has 2 rings (SSSR count). The third-order valence-electron chi connectivity index (χ3n) is 4.75. The molecular formula is C19H32O6. The maximum atomic E-state index is 12.0. The van der Waals surface area contributed by atoms with Gasteiger partial charge in [-0.1, -0.05) is 46.0 Å². The van der Waals surface area contributed by atoms with E-state index in [0.717, 1.165) is 32.1 Å². The molecule has 2 heterocycles. The van der Waals surface area contributed by atoms with Gasteiger partial charge in [-0.3, -0.25) is 9.59 Å². The van der Waals surface area contributed by atoms with Crippen LogP contribution in [-0.4, -0.2) is 49.6 Å². The van der Waals surface area contributed by atoms with Gasteiger partial charge in [0.05, 0.1) is 13.2 Å². The van der Waals surface area contributed by atoms with Crippen molar-refractivity contribution < 1.29 is 28.5 Å². The molecule has 6 nitrogen and oxygen atoms in total. The summed E-state index contributed by atoms with van der Waals surface area (Å²) >= 11 is 0. The molecule has 0 aliphatic carbocycles. The predicted molar refractivity (Wildman–Crippen MR) is 92.1 cm³/mol. The van der Waals surface area contributed by atoms with E-state index in [1.165, 1.54) is 12.8 Å². The number of ether oxygens (including phenoxy) is 4. The summed E-state index contributed by atoms with van der Waals surface area (Å²) in [6.07, 6.45) is 6.66. The lowest BCUT2D eigenvalue weighted by Gasteiger charge is -2.17. The lowest BCUT2D eigenvalue weighted by molar-refractivity contribution is -0.155. The molecular weight excluding hydrogens is 324 g/mol. The van der Waals surface area contributed by atoms with Gasteiger partial charge >= 0.3 is 11.9 Å². The Hall–Kier alpha value is -1.14. The van der Waals surface area contributed by atoms with Gasteiger partial charge in [0.1, 0.15) is 12.2 Å². The zero-order chi connectivity index (χ0) is 18.1. The van der Waals surface area contributed by atoms with E-state index in [-0.39, 0.29) is 24.1 Å². The van der Waals surface area contributed by atoms with Crippen molar-refractivity contribution in [3.63, 3.8) is 0 Å². The third-order valence-corrected chi connectivity index (χ3v) is 4.75. The fraction of sp³-hybridized carbons (Fsp3) is 0.895. The Morgan fingerprint density at radius 3 is 1.76 bits per heavy atom. The van der Waals surface area contributed by atoms with Gasteiger partial charge in [0.2, 0.25) is 0 Å². The van der Waals surface area contributed by atoms with Crippen LogP contribution in [0.5, 0.6) is 0 Å². The van der Waals surface area contributed by atoms with Crippen molar-refractivity contribution in [1.29, 1.82) is 0 Å². The Bertz CT molecular complexity index is 424. The number of rotatable bonds is 11. The molecule has 0 aromatic rings. The predicted octanol–water partition coefficient (Wildman–Crippen LogP) is 3.16. The molecule has 0 saturated carbocycles. The van der Waals surface area contributed by atoms with E-state index in [0.29, 0.717) is 26.1 Å². The molecule has 25 heavy (non-hydrogen) atoms. The number of hydrogen-bond acceptors (Lipinski definition) is 6. The second kappa shape index (κ2) is 10.8. The van der Waals surface area contributed by atoms with Crippen LogP contribution in [0.2, 0.25) is 0 Å². The fourth-order valence-electron chi connectivity index (χ4n) is 3.28. The van der Waals surface area contributed by atoms with Gasteiger partial charge in [-0.05, 0) is 12.8 Å². The zero-order valence-electron chi connectivity index (χ0n) is 15.5. The average molecular weight is 356 g/mol. The summed E-state index contributed by atoms with van der Waals surface area (Å²) < 4.78 is 22.3. The number of esters is 2. The van der Waals surface area contributed by atoms with Crippen molar-refractivity contribution in [2.24, 2.45) is 0 Å². The lowest BCUT2D eigenvalue weighted by Crippen LogP contribution is -2.35. The molecule has 2 fully saturated rings. The summed E-state index contributed by atoms with van der Waals surface area (Å²) in [4.78, 5) is 23.8. The Morgan fingerprint density at radius 2 is 1.24 bits per heavy atom. The van der Waals surface area contributed by atoms with Crippen LogP contribution in [0, 0.1) is 0 Å². The number of carbonyl (C=O) groups is 2. The van der Waals surface area contributed by atoms with Gasteiger partial charge in [-0.25, -0.2) is 0 Å². The molecule has 0 aromatic heterocycles. The fourth-order valence-corrected chi connectivity index (χ4v) is 3.28. The summed E-state index contributed by atoms with van der Waals surface area (Å²) in [5.41, 5.74) is 0. The highest BCUT2D eigenvalue weighted by Gasteiger charge is 2.51.